The van der Waals surface area contributed by atoms with Crippen molar-refractivity contribution in [3.63, 3.8) is 0 Å². The number of hydrogen-bond donors (Lipinski definition) is 0. The molecule has 2 aliphatic heterocycles. The van der Waals surface area contributed by atoms with Crippen LogP contribution in [0.15, 0.2) is 18.2 Å². The first-order valence-electron chi connectivity index (χ1n) is 10.1. The highest BCUT2D eigenvalue weighted by atomic mass is 16.5. The van der Waals surface area contributed by atoms with Gasteiger partial charge in [-0.15, -0.1) is 0 Å². The van der Waals surface area contributed by atoms with Crippen molar-refractivity contribution in [1.82, 2.24) is 9.80 Å². The van der Waals surface area contributed by atoms with Crippen LogP contribution >= 0.6 is 0 Å². The molecule has 1 spiro atoms. The molecule has 1 aromatic carbocycles. The zero-order valence-corrected chi connectivity index (χ0v) is 16.9. The maximum absolute atomic E-state index is 5.62. The molecule has 1 aromatic rings. The molecule has 3 fully saturated rings. The number of benzene rings is 1. The normalized spacial score (nSPS) is 31.8. The monoisotopic (exact) mass is 358 g/mol. The van der Waals surface area contributed by atoms with Crippen molar-refractivity contribution < 1.29 is 9.47 Å². The Morgan fingerprint density at radius 2 is 1.62 bits per heavy atom. The minimum Gasteiger partial charge on any atom is -0.493 e. The van der Waals surface area contributed by atoms with E-state index in [1.54, 1.807) is 14.2 Å². The molecule has 4 heteroatoms. The average molecular weight is 359 g/mol. The van der Waals surface area contributed by atoms with Crippen LogP contribution in [0.3, 0.4) is 0 Å². The Morgan fingerprint density at radius 3 is 2.31 bits per heavy atom. The Bertz CT molecular complexity index is 654. The van der Waals surface area contributed by atoms with Crippen LogP contribution < -0.4 is 9.47 Å². The van der Waals surface area contributed by atoms with Gasteiger partial charge in [-0.25, -0.2) is 0 Å². The zero-order valence-electron chi connectivity index (χ0n) is 16.9. The van der Waals surface area contributed by atoms with Crippen LogP contribution in [0.1, 0.15) is 44.1 Å². The van der Waals surface area contributed by atoms with E-state index in [0.717, 1.165) is 11.5 Å². The molecule has 4 nitrogen and oxygen atoms in total. The number of likely N-dealkylation sites (tertiary alicyclic amines) is 2. The molecule has 3 aliphatic rings. The minimum absolute atomic E-state index is 0.281. The molecule has 144 valence electrons. The van der Waals surface area contributed by atoms with Crippen LogP contribution in [-0.2, 0) is 5.41 Å². The lowest BCUT2D eigenvalue weighted by Crippen LogP contribution is -2.52. The minimum atomic E-state index is 0.281. The number of rotatable bonds is 3. The van der Waals surface area contributed by atoms with Crippen molar-refractivity contribution in [3.05, 3.63) is 23.8 Å². The van der Waals surface area contributed by atoms with Gasteiger partial charge in [0.1, 0.15) is 0 Å². The Labute approximate surface area is 158 Å². The molecule has 26 heavy (non-hydrogen) atoms. The molecule has 0 radical (unpaired) electrons. The summed E-state index contributed by atoms with van der Waals surface area (Å²) >= 11 is 0. The third kappa shape index (κ3) is 2.82. The van der Waals surface area contributed by atoms with Crippen LogP contribution in [-0.4, -0.2) is 63.8 Å². The summed E-state index contributed by atoms with van der Waals surface area (Å²) in [5.41, 5.74) is 2.30. The molecular formula is C22H34N2O2. The summed E-state index contributed by atoms with van der Waals surface area (Å²) < 4.78 is 11.1. The van der Waals surface area contributed by atoms with Gasteiger partial charge < -0.3 is 19.3 Å². The standard InChI is InChI=1S/C22H34N2O2/c1-23-12-9-21(10-13-23)7-8-22(11-14-24(2)20(22)16-21)17-5-6-18(25-3)19(15-17)26-4/h5-6,15,20H,7-14,16H2,1-4H3. The van der Waals surface area contributed by atoms with Crippen molar-refractivity contribution >= 4 is 0 Å². The zero-order chi connectivity index (χ0) is 18.4. The first-order chi connectivity index (χ1) is 12.5. The van der Waals surface area contributed by atoms with Crippen molar-refractivity contribution in [2.75, 3.05) is 47.9 Å². The van der Waals surface area contributed by atoms with E-state index in [0.29, 0.717) is 11.5 Å². The number of piperidine rings is 1. The molecule has 4 rings (SSSR count). The molecule has 0 bridgehead atoms. The molecule has 0 N–H and O–H groups in total. The van der Waals surface area contributed by atoms with Gasteiger partial charge in [0.25, 0.3) is 0 Å². The van der Waals surface area contributed by atoms with Gasteiger partial charge in [0.15, 0.2) is 11.5 Å². The second kappa shape index (κ2) is 6.72. The van der Waals surface area contributed by atoms with E-state index < -0.39 is 0 Å². The largest absolute Gasteiger partial charge is 0.493 e. The average Bonchev–Trinajstić information content (AvgIpc) is 3.01. The van der Waals surface area contributed by atoms with Crippen molar-refractivity contribution in [3.8, 4) is 11.5 Å². The maximum Gasteiger partial charge on any atom is 0.161 e. The van der Waals surface area contributed by atoms with Gasteiger partial charge in [0, 0.05) is 11.5 Å². The quantitative estimate of drug-likeness (QED) is 0.825. The number of fused-ring (bicyclic) bond motifs is 1. The molecule has 2 saturated heterocycles. The predicted octanol–water partition coefficient (Wildman–Crippen LogP) is 3.54. The number of ether oxygens (including phenoxy) is 2. The van der Waals surface area contributed by atoms with E-state index in [1.807, 2.05) is 0 Å². The summed E-state index contributed by atoms with van der Waals surface area (Å²) in [6.07, 6.45) is 8.04. The fraction of sp³-hybridized carbons (Fsp3) is 0.727. The maximum atomic E-state index is 5.62. The molecular weight excluding hydrogens is 324 g/mol. The number of likely N-dealkylation sites (N-methyl/N-ethyl adjacent to an activating group) is 1. The fourth-order valence-corrected chi connectivity index (χ4v) is 5.94. The summed E-state index contributed by atoms with van der Waals surface area (Å²) in [5.74, 6) is 1.70. The fourth-order valence-electron chi connectivity index (χ4n) is 5.94. The predicted molar refractivity (Wildman–Crippen MR) is 105 cm³/mol. The number of hydrogen-bond acceptors (Lipinski definition) is 4. The van der Waals surface area contributed by atoms with Gasteiger partial charge in [0.05, 0.1) is 14.2 Å². The Balaban J connectivity index is 1.65. The smallest absolute Gasteiger partial charge is 0.161 e. The molecule has 0 amide bonds. The van der Waals surface area contributed by atoms with E-state index >= 15 is 0 Å². The molecule has 0 aromatic heterocycles. The molecule has 1 saturated carbocycles. The lowest BCUT2D eigenvalue weighted by molar-refractivity contribution is 0.0193. The Morgan fingerprint density at radius 1 is 0.885 bits per heavy atom. The molecule has 1 aliphatic carbocycles. The van der Waals surface area contributed by atoms with Crippen LogP contribution in [0.5, 0.6) is 11.5 Å². The van der Waals surface area contributed by atoms with Crippen molar-refractivity contribution in [2.24, 2.45) is 5.41 Å². The van der Waals surface area contributed by atoms with Gasteiger partial charge in [-0.1, -0.05) is 6.07 Å². The summed E-state index contributed by atoms with van der Waals surface area (Å²) in [4.78, 5) is 5.13. The van der Waals surface area contributed by atoms with Gasteiger partial charge in [-0.3, -0.25) is 0 Å². The van der Waals surface area contributed by atoms with E-state index in [-0.39, 0.29) is 5.41 Å². The first kappa shape index (κ1) is 18.1. The number of methoxy groups -OCH3 is 2. The van der Waals surface area contributed by atoms with Gasteiger partial charge >= 0.3 is 0 Å². The van der Waals surface area contributed by atoms with E-state index in [4.69, 9.17) is 9.47 Å². The van der Waals surface area contributed by atoms with Gasteiger partial charge in [0.2, 0.25) is 0 Å². The second-order valence-corrected chi connectivity index (χ2v) is 8.98. The summed E-state index contributed by atoms with van der Waals surface area (Å²) in [6, 6.07) is 7.29. The van der Waals surface area contributed by atoms with Crippen LogP contribution in [0, 0.1) is 5.41 Å². The summed E-state index contributed by atoms with van der Waals surface area (Å²) in [6.45, 7) is 3.73. The molecule has 2 atom stereocenters. The van der Waals surface area contributed by atoms with E-state index in [2.05, 4.69) is 42.1 Å². The van der Waals surface area contributed by atoms with Crippen LogP contribution in [0.4, 0.5) is 0 Å². The topological polar surface area (TPSA) is 24.9 Å². The highest BCUT2D eigenvalue weighted by Crippen LogP contribution is 2.57. The van der Waals surface area contributed by atoms with E-state index in [9.17, 15) is 0 Å². The van der Waals surface area contributed by atoms with Crippen molar-refractivity contribution in [2.45, 2.75) is 50.0 Å². The SMILES string of the molecule is COc1ccc(C23CCN(C)C2CC2(CCN(C)CC2)CC3)cc1OC. The van der Waals surface area contributed by atoms with Crippen molar-refractivity contribution in [1.29, 1.82) is 0 Å². The summed E-state index contributed by atoms with van der Waals surface area (Å²) in [5, 5.41) is 0. The van der Waals surface area contributed by atoms with Gasteiger partial charge in [-0.2, -0.15) is 0 Å². The first-order valence-corrected chi connectivity index (χ1v) is 10.1. The lowest BCUT2D eigenvalue weighted by Gasteiger charge is -2.53. The molecule has 2 heterocycles. The van der Waals surface area contributed by atoms with Gasteiger partial charge in [-0.05, 0) is 95.4 Å². The van der Waals surface area contributed by atoms with Crippen LogP contribution in [0.2, 0.25) is 0 Å². The lowest BCUT2D eigenvalue weighted by atomic mass is 9.56. The molecule has 2 unspecified atom stereocenters. The highest BCUT2D eigenvalue weighted by Gasteiger charge is 2.54. The van der Waals surface area contributed by atoms with Crippen LogP contribution in [0.25, 0.3) is 0 Å². The Kier molecular flexibility index (Phi) is 4.68. The second-order valence-electron chi connectivity index (χ2n) is 8.98. The van der Waals surface area contributed by atoms with E-state index in [1.165, 1.54) is 63.7 Å². The third-order valence-electron chi connectivity index (χ3n) is 7.81. The summed E-state index contributed by atoms with van der Waals surface area (Å²) in [7, 11) is 8.06. The Hall–Kier alpha value is -1.26. The highest BCUT2D eigenvalue weighted by molar-refractivity contribution is 5.46. The number of nitrogens with zero attached hydrogens (tertiary/aromatic N) is 2. The third-order valence-corrected chi connectivity index (χ3v) is 7.81.